The minimum Gasteiger partial charge on any atom is -0.396 e. The van der Waals surface area contributed by atoms with Crippen LogP contribution in [0.5, 0.6) is 0 Å². The van der Waals surface area contributed by atoms with Gasteiger partial charge in [0.1, 0.15) is 0 Å². The van der Waals surface area contributed by atoms with Crippen LogP contribution in [-0.2, 0) is 4.79 Å². The van der Waals surface area contributed by atoms with E-state index in [1.165, 1.54) is 12.8 Å². The number of likely N-dealkylation sites (tertiary alicyclic amines) is 1. The molecule has 0 aromatic rings. The molecule has 0 bridgehead atoms. The highest BCUT2D eigenvalue weighted by Crippen LogP contribution is 2.44. The standard InChI is InChI=1S/C18H33N3O2/c1-19-7-3-8-20(11-10-19)13-17(23)21-9-2-6-18(14-21,15-22)12-16-4-5-16/h16,22H,2-15H2,1H3/t18-/m0/s1. The van der Waals surface area contributed by atoms with Crippen LogP contribution in [0.2, 0.25) is 0 Å². The number of rotatable bonds is 5. The largest absolute Gasteiger partial charge is 0.396 e. The zero-order chi connectivity index (χ0) is 16.3. The summed E-state index contributed by atoms with van der Waals surface area (Å²) in [6, 6.07) is 0. The molecular formula is C18H33N3O2. The molecule has 2 saturated heterocycles. The molecule has 0 aromatic carbocycles. The second kappa shape index (κ2) is 7.49. The molecule has 0 spiro atoms. The first-order valence-electron chi connectivity index (χ1n) is 9.40. The molecular weight excluding hydrogens is 290 g/mol. The van der Waals surface area contributed by atoms with Gasteiger partial charge in [-0.15, -0.1) is 0 Å². The minimum atomic E-state index is -0.0198. The third-order valence-electron chi connectivity index (χ3n) is 5.94. The summed E-state index contributed by atoms with van der Waals surface area (Å²) in [7, 11) is 2.16. The predicted molar refractivity (Wildman–Crippen MR) is 91.2 cm³/mol. The van der Waals surface area contributed by atoms with Crippen LogP contribution in [-0.4, -0.2) is 85.2 Å². The number of carbonyl (C=O) groups is 1. The SMILES string of the molecule is CN1CCCN(CC(=O)N2CCC[C@](CO)(CC3CC3)C2)CC1. The van der Waals surface area contributed by atoms with Crippen molar-refractivity contribution >= 4 is 5.91 Å². The van der Waals surface area contributed by atoms with E-state index >= 15 is 0 Å². The van der Waals surface area contributed by atoms with Gasteiger partial charge in [-0.1, -0.05) is 12.8 Å². The number of likely N-dealkylation sites (N-methyl/N-ethyl adjacent to an activating group) is 1. The monoisotopic (exact) mass is 323 g/mol. The maximum Gasteiger partial charge on any atom is 0.236 e. The fraction of sp³-hybridized carbons (Fsp3) is 0.944. The van der Waals surface area contributed by atoms with E-state index in [0.717, 1.165) is 70.9 Å². The predicted octanol–water partition coefficient (Wildman–Crippen LogP) is 1.03. The van der Waals surface area contributed by atoms with Crippen LogP contribution in [0.1, 0.15) is 38.5 Å². The number of amides is 1. The molecule has 1 saturated carbocycles. The van der Waals surface area contributed by atoms with Crippen molar-refractivity contribution in [2.24, 2.45) is 11.3 Å². The first kappa shape index (κ1) is 17.2. The van der Waals surface area contributed by atoms with Crippen LogP contribution >= 0.6 is 0 Å². The summed E-state index contributed by atoms with van der Waals surface area (Å²) in [5, 5.41) is 9.95. The Morgan fingerprint density at radius 1 is 1.13 bits per heavy atom. The Bertz CT molecular complexity index is 413. The average Bonchev–Trinajstić information content (AvgIpc) is 3.37. The number of aliphatic hydroxyl groups is 1. The smallest absolute Gasteiger partial charge is 0.236 e. The molecule has 0 radical (unpaired) electrons. The van der Waals surface area contributed by atoms with Crippen molar-refractivity contribution in [2.45, 2.75) is 38.5 Å². The second-order valence-electron chi connectivity index (χ2n) is 8.16. The van der Waals surface area contributed by atoms with Gasteiger partial charge in [0.05, 0.1) is 13.2 Å². The molecule has 2 heterocycles. The molecule has 3 rings (SSSR count). The Morgan fingerprint density at radius 3 is 2.70 bits per heavy atom. The molecule has 132 valence electrons. The first-order chi connectivity index (χ1) is 11.1. The van der Waals surface area contributed by atoms with Crippen LogP contribution in [0.15, 0.2) is 0 Å². The summed E-state index contributed by atoms with van der Waals surface area (Å²) >= 11 is 0. The zero-order valence-electron chi connectivity index (χ0n) is 14.7. The van der Waals surface area contributed by atoms with E-state index in [2.05, 4.69) is 16.8 Å². The molecule has 2 aliphatic heterocycles. The van der Waals surface area contributed by atoms with E-state index in [-0.39, 0.29) is 17.9 Å². The summed E-state index contributed by atoms with van der Waals surface area (Å²) < 4.78 is 0. The lowest BCUT2D eigenvalue weighted by Crippen LogP contribution is -2.51. The topological polar surface area (TPSA) is 47.0 Å². The Labute approximate surface area is 140 Å². The van der Waals surface area contributed by atoms with Crippen LogP contribution in [0, 0.1) is 11.3 Å². The van der Waals surface area contributed by atoms with Crippen molar-refractivity contribution in [3.05, 3.63) is 0 Å². The highest BCUT2D eigenvalue weighted by atomic mass is 16.3. The lowest BCUT2D eigenvalue weighted by Gasteiger charge is -2.42. The van der Waals surface area contributed by atoms with Crippen molar-refractivity contribution < 1.29 is 9.90 Å². The van der Waals surface area contributed by atoms with E-state index in [1.54, 1.807) is 0 Å². The molecule has 0 aromatic heterocycles. The lowest BCUT2D eigenvalue weighted by atomic mass is 9.76. The summed E-state index contributed by atoms with van der Waals surface area (Å²) in [5.41, 5.74) is -0.0198. The van der Waals surface area contributed by atoms with E-state index in [4.69, 9.17) is 0 Å². The van der Waals surface area contributed by atoms with Gasteiger partial charge >= 0.3 is 0 Å². The Kier molecular flexibility index (Phi) is 5.60. The molecule has 23 heavy (non-hydrogen) atoms. The van der Waals surface area contributed by atoms with Gasteiger partial charge in [0, 0.05) is 31.6 Å². The quantitative estimate of drug-likeness (QED) is 0.821. The van der Waals surface area contributed by atoms with Gasteiger partial charge < -0.3 is 14.9 Å². The molecule has 1 aliphatic carbocycles. The molecule has 5 nitrogen and oxygen atoms in total. The fourth-order valence-corrected chi connectivity index (χ4v) is 4.26. The number of hydrogen-bond donors (Lipinski definition) is 1. The molecule has 3 fully saturated rings. The maximum atomic E-state index is 12.8. The first-order valence-corrected chi connectivity index (χ1v) is 9.40. The minimum absolute atomic E-state index is 0.0198. The van der Waals surface area contributed by atoms with Crippen LogP contribution in [0.3, 0.4) is 0 Å². The van der Waals surface area contributed by atoms with Gasteiger partial charge in [-0.3, -0.25) is 9.69 Å². The number of piperidine rings is 1. The van der Waals surface area contributed by atoms with Gasteiger partial charge in [0.15, 0.2) is 0 Å². The van der Waals surface area contributed by atoms with Crippen LogP contribution in [0.25, 0.3) is 0 Å². The Morgan fingerprint density at radius 2 is 1.96 bits per heavy atom. The number of nitrogens with zero attached hydrogens (tertiary/aromatic N) is 3. The molecule has 3 aliphatic rings. The number of hydrogen-bond acceptors (Lipinski definition) is 4. The number of aliphatic hydroxyl groups excluding tert-OH is 1. The van der Waals surface area contributed by atoms with Crippen molar-refractivity contribution in [3.63, 3.8) is 0 Å². The molecule has 1 atom stereocenters. The summed E-state index contributed by atoms with van der Waals surface area (Å²) in [5.74, 6) is 1.07. The third-order valence-corrected chi connectivity index (χ3v) is 5.94. The van der Waals surface area contributed by atoms with Gasteiger partial charge in [-0.05, 0) is 51.7 Å². The summed E-state index contributed by atoms with van der Waals surface area (Å²) in [6.07, 6.45) is 7.02. The summed E-state index contributed by atoms with van der Waals surface area (Å²) in [6.45, 7) is 6.63. The zero-order valence-corrected chi connectivity index (χ0v) is 14.7. The van der Waals surface area contributed by atoms with Crippen LogP contribution < -0.4 is 0 Å². The van der Waals surface area contributed by atoms with Gasteiger partial charge in [0.2, 0.25) is 5.91 Å². The molecule has 1 N–H and O–H groups in total. The van der Waals surface area contributed by atoms with Crippen molar-refractivity contribution in [1.82, 2.24) is 14.7 Å². The second-order valence-corrected chi connectivity index (χ2v) is 8.16. The summed E-state index contributed by atoms with van der Waals surface area (Å²) in [4.78, 5) is 19.4. The fourth-order valence-electron chi connectivity index (χ4n) is 4.26. The average molecular weight is 323 g/mol. The van der Waals surface area contributed by atoms with Crippen molar-refractivity contribution in [2.75, 3.05) is 59.5 Å². The normalized spacial score (nSPS) is 31.1. The maximum absolute atomic E-state index is 12.8. The van der Waals surface area contributed by atoms with E-state index < -0.39 is 0 Å². The van der Waals surface area contributed by atoms with E-state index in [0.29, 0.717) is 6.54 Å². The Balaban J connectivity index is 1.53. The van der Waals surface area contributed by atoms with Gasteiger partial charge in [-0.25, -0.2) is 0 Å². The number of carbonyl (C=O) groups excluding carboxylic acids is 1. The highest BCUT2D eigenvalue weighted by molar-refractivity contribution is 5.78. The lowest BCUT2D eigenvalue weighted by molar-refractivity contribution is -0.137. The van der Waals surface area contributed by atoms with Gasteiger partial charge in [0.25, 0.3) is 0 Å². The van der Waals surface area contributed by atoms with Crippen molar-refractivity contribution in [1.29, 1.82) is 0 Å². The van der Waals surface area contributed by atoms with Crippen molar-refractivity contribution in [3.8, 4) is 0 Å². The van der Waals surface area contributed by atoms with Gasteiger partial charge in [-0.2, -0.15) is 0 Å². The molecule has 0 unspecified atom stereocenters. The van der Waals surface area contributed by atoms with E-state index in [1.807, 2.05) is 4.90 Å². The molecule has 5 heteroatoms. The molecule has 1 amide bonds. The third kappa shape index (κ3) is 4.68. The Hall–Kier alpha value is -0.650. The van der Waals surface area contributed by atoms with E-state index in [9.17, 15) is 9.90 Å². The highest BCUT2D eigenvalue weighted by Gasteiger charge is 2.41. The van der Waals surface area contributed by atoms with Crippen LogP contribution in [0.4, 0.5) is 0 Å².